The van der Waals surface area contributed by atoms with E-state index in [4.69, 9.17) is 14.4 Å². The van der Waals surface area contributed by atoms with E-state index in [0.717, 1.165) is 38.0 Å². The van der Waals surface area contributed by atoms with Crippen molar-refractivity contribution in [3.63, 3.8) is 0 Å². The smallest absolute Gasteiger partial charge is 0.124 e. The molecule has 0 amide bonds. The van der Waals surface area contributed by atoms with Crippen molar-refractivity contribution < 1.29 is 14.4 Å². The highest BCUT2D eigenvalue weighted by Crippen LogP contribution is 2.01. The molecule has 0 saturated heterocycles. The van der Waals surface area contributed by atoms with Gasteiger partial charge in [0, 0.05) is 25.9 Å². The van der Waals surface area contributed by atoms with Crippen LogP contribution in [-0.2, 0) is 11.2 Å². The molecule has 0 fully saturated rings. The average Bonchev–Trinajstić information content (AvgIpc) is 2.84. The highest BCUT2D eigenvalue weighted by molar-refractivity contribution is 4.94. The molecule has 4 nitrogen and oxygen atoms in total. The minimum Gasteiger partial charge on any atom is -0.396 e. The molecular formula is C12H23NO3. The molecule has 0 atom stereocenters. The molecule has 1 rings (SSSR count). The van der Waals surface area contributed by atoms with Crippen LogP contribution in [0.3, 0.4) is 0 Å². The maximum Gasteiger partial charge on any atom is 0.124 e. The van der Waals surface area contributed by atoms with Crippen LogP contribution < -0.4 is 0 Å². The molecule has 1 aromatic rings. The van der Waals surface area contributed by atoms with Gasteiger partial charge in [0.1, 0.15) is 6.26 Å². The summed E-state index contributed by atoms with van der Waals surface area (Å²) >= 11 is 0. The topological polar surface area (TPSA) is 55.5 Å². The van der Waals surface area contributed by atoms with E-state index in [1.54, 1.807) is 6.26 Å². The Morgan fingerprint density at radius 3 is 2.62 bits per heavy atom. The van der Waals surface area contributed by atoms with Gasteiger partial charge in [0.25, 0.3) is 0 Å². The zero-order valence-corrected chi connectivity index (χ0v) is 10.3. The predicted molar refractivity (Wildman–Crippen MR) is 63.3 cm³/mol. The first kappa shape index (κ1) is 15.1. The number of nitrogens with zero attached hydrogens (tertiary/aromatic N) is 1. The minimum atomic E-state index is 0.207. The van der Waals surface area contributed by atoms with Gasteiger partial charge >= 0.3 is 0 Å². The quantitative estimate of drug-likeness (QED) is 0.695. The van der Waals surface area contributed by atoms with Crippen LogP contribution >= 0.6 is 0 Å². The molecule has 1 heterocycles. The third-order valence-corrected chi connectivity index (χ3v) is 1.91. The van der Waals surface area contributed by atoms with Gasteiger partial charge in [0.2, 0.25) is 0 Å². The normalized spacial score (nSPS) is 9.69. The van der Waals surface area contributed by atoms with Crippen molar-refractivity contribution in [2.75, 3.05) is 19.8 Å². The lowest BCUT2D eigenvalue weighted by Gasteiger charge is -2.01. The molecule has 0 aromatic carbocycles. The Labute approximate surface area is 97.6 Å². The van der Waals surface area contributed by atoms with Gasteiger partial charge in [-0.05, 0) is 25.7 Å². The number of hydrogen-bond acceptors (Lipinski definition) is 4. The predicted octanol–water partition coefficient (Wildman–Crippen LogP) is 2.42. The maximum absolute atomic E-state index is 8.50. The summed E-state index contributed by atoms with van der Waals surface area (Å²) in [5, 5.41) is 12.3. The highest BCUT2D eigenvalue weighted by Gasteiger charge is 1.96. The Hall–Kier alpha value is -0.870. The molecule has 1 aromatic heterocycles. The number of aryl methyl sites for hydroxylation is 1. The number of aliphatic hydroxyl groups excluding tert-OH is 1. The number of aliphatic hydroxyl groups is 1. The summed E-state index contributed by atoms with van der Waals surface area (Å²) in [4.78, 5) is 0. The van der Waals surface area contributed by atoms with Crippen molar-refractivity contribution in [3.8, 4) is 0 Å². The Bertz CT molecular complexity index is 212. The van der Waals surface area contributed by atoms with Gasteiger partial charge in [-0.1, -0.05) is 19.0 Å². The van der Waals surface area contributed by atoms with Gasteiger partial charge in [-0.3, -0.25) is 0 Å². The van der Waals surface area contributed by atoms with E-state index in [9.17, 15) is 0 Å². The lowest BCUT2D eigenvalue weighted by molar-refractivity contribution is 0.113. The summed E-state index contributed by atoms with van der Waals surface area (Å²) in [7, 11) is 0. The van der Waals surface area contributed by atoms with Crippen LogP contribution in [0.4, 0.5) is 0 Å². The molecule has 0 saturated carbocycles. The van der Waals surface area contributed by atoms with E-state index in [1.165, 1.54) is 0 Å². The van der Waals surface area contributed by atoms with Crippen LogP contribution in [0.2, 0.25) is 0 Å². The zero-order chi connectivity index (χ0) is 12.1. The molecule has 0 spiro atoms. The Balaban J connectivity index is 0.00000106. The zero-order valence-electron chi connectivity index (χ0n) is 10.3. The summed E-state index contributed by atoms with van der Waals surface area (Å²) in [6.07, 6.45) is 5.35. The second kappa shape index (κ2) is 12.2. The number of unbranched alkanes of at least 4 members (excludes halogenated alkanes) is 1. The summed E-state index contributed by atoms with van der Waals surface area (Å²) < 4.78 is 10.0. The maximum atomic E-state index is 8.50. The van der Waals surface area contributed by atoms with Crippen molar-refractivity contribution >= 4 is 0 Å². The monoisotopic (exact) mass is 229 g/mol. The molecule has 16 heavy (non-hydrogen) atoms. The highest BCUT2D eigenvalue weighted by atomic mass is 16.5. The van der Waals surface area contributed by atoms with E-state index >= 15 is 0 Å². The summed E-state index contributed by atoms with van der Waals surface area (Å²) in [5.74, 6) is 0. The molecule has 1 N–H and O–H groups in total. The van der Waals surface area contributed by atoms with Crippen molar-refractivity contribution in [2.45, 2.75) is 39.5 Å². The largest absolute Gasteiger partial charge is 0.396 e. The molecular weight excluding hydrogens is 206 g/mol. The number of hydrogen-bond donors (Lipinski definition) is 1. The van der Waals surface area contributed by atoms with Crippen LogP contribution in [0.15, 0.2) is 16.9 Å². The van der Waals surface area contributed by atoms with Crippen LogP contribution in [0.5, 0.6) is 0 Å². The van der Waals surface area contributed by atoms with Gasteiger partial charge in [-0.2, -0.15) is 0 Å². The number of rotatable bonds is 8. The molecule has 4 heteroatoms. The first-order chi connectivity index (χ1) is 7.93. The van der Waals surface area contributed by atoms with E-state index in [1.807, 2.05) is 19.9 Å². The fourth-order valence-electron chi connectivity index (χ4n) is 1.15. The van der Waals surface area contributed by atoms with Crippen molar-refractivity contribution in [3.05, 3.63) is 18.0 Å². The lowest BCUT2D eigenvalue weighted by Crippen LogP contribution is -1.99. The molecule has 0 aliphatic rings. The standard InChI is InChI=1S/C10H17NO3.C2H6/c12-6-3-8-13-7-2-1-4-10-5-9-14-11-10;1-2/h5,9,12H,1-4,6-8H2;1-2H3. The third kappa shape index (κ3) is 8.44. The van der Waals surface area contributed by atoms with Crippen molar-refractivity contribution in [1.29, 1.82) is 0 Å². The van der Waals surface area contributed by atoms with Gasteiger partial charge < -0.3 is 14.4 Å². The lowest BCUT2D eigenvalue weighted by atomic mass is 10.2. The Kier molecular flexibility index (Phi) is 11.5. The van der Waals surface area contributed by atoms with Gasteiger partial charge in [0.05, 0.1) is 5.69 Å². The number of ether oxygens (including phenoxy) is 1. The second-order valence-corrected chi connectivity index (χ2v) is 3.14. The van der Waals surface area contributed by atoms with Crippen molar-refractivity contribution in [2.24, 2.45) is 0 Å². The molecule has 0 bridgehead atoms. The molecule has 94 valence electrons. The summed E-state index contributed by atoms with van der Waals surface area (Å²) in [6, 6.07) is 1.88. The van der Waals surface area contributed by atoms with Crippen LogP contribution in [0, 0.1) is 0 Å². The van der Waals surface area contributed by atoms with Gasteiger partial charge in [-0.25, -0.2) is 0 Å². The summed E-state index contributed by atoms with van der Waals surface area (Å²) in [5.41, 5.74) is 1.00. The molecule has 0 unspecified atom stereocenters. The van der Waals surface area contributed by atoms with Crippen molar-refractivity contribution in [1.82, 2.24) is 5.16 Å². The first-order valence-electron chi connectivity index (χ1n) is 6.01. The first-order valence-corrected chi connectivity index (χ1v) is 6.01. The fourth-order valence-corrected chi connectivity index (χ4v) is 1.15. The molecule has 0 radical (unpaired) electrons. The fraction of sp³-hybridized carbons (Fsp3) is 0.750. The van der Waals surface area contributed by atoms with E-state index in [2.05, 4.69) is 5.16 Å². The third-order valence-electron chi connectivity index (χ3n) is 1.91. The second-order valence-electron chi connectivity index (χ2n) is 3.14. The number of aromatic nitrogens is 1. The molecule has 0 aliphatic heterocycles. The SMILES string of the molecule is CC.OCCCOCCCCc1ccon1. The van der Waals surface area contributed by atoms with Gasteiger partial charge in [0.15, 0.2) is 0 Å². The molecule has 0 aliphatic carbocycles. The summed E-state index contributed by atoms with van der Waals surface area (Å²) in [6.45, 7) is 5.62. The van der Waals surface area contributed by atoms with E-state index < -0.39 is 0 Å². The van der Waals surface area contributed by atoms with Crippen LogP contribution in [0.1, 0.15) is 38.8 Å². The van der Waals surface area contributed by atoms with E-state index in [-0.39, 0.29) is 6.61 Å². The van der Waals surface area contributed by atoms with E-state index in [0.29, 0.717) is 6.61 Å². The van der Waals surface area contributed by atoms with Crippen LogP contribution in [0.25, 0.3) is 0 Å². The van der Waals surface area contributed by atoms with Gasteiger partial charge in [-0.15, -0.1) is 0 Å². The minimum absolute atomic E-state index is 0.207. The Morgan fingerprint density at radius 1 is 1.25 bits per heavy atom. The Morgan fingerprint density at radius 2 is 2.00 bits per heavy atom. The van der Waals surface area contributed by atoms with Crippen LogP contribution in [-0.4, -0.2) is 30.1 Å². The average molecular weight is 229 g/mol.